The van der Waals surface area contributed by atoms with E-state index in [1.807, 2.05) is 6.26 Å². The van der Waals surface area contributed by atoms with Gasteiger partial charge in [0.05, 0.1) is 0 Å². The van der Waals surface area contributed by atoms with E-state index in [0.717, 1.165) is 25.0 Å². The third-order valence-corrected chi connectivity index (χ3v) is 5.57. The highest BCUT2D eigenvalue weighted by Gasteiger charge is 2.42. The van der Waals surface area contributed by atoms with Crippen LogP contribution in [0, 0.1) is 0 Å². The molecule has 6 nitrogen and oxygen atoms in total. The lowest BCUT2D eigenvalue weighted by Gasteiger charge is -2.12. The number of hydrogen-bond donors (Lipinski definition) is 2. The van der Waals surface area contributed by atoms with Crippen LogP contribution in [0.3, 0.4) is 0 Å². The van der Waals surface area contributed by atoms with Gasteiger partial charge in [0.1, 0.15) is 0 Å². The highest BCUT2D eigenvalue weighted by Crippen LogP contribution is 2.46. The van der Waals surface area contributed by atoms with Crippen LogP contribution in [0.1, 0.15) is 23.4 Å². The smallest absolute Gasteiger partial charge is 0.371 e. The number of hydrogen-bond acceptors (Lipinski definition) is 5. The van der Waals surface area contributed by atoms with E-state index in [0.29, 0.717) is 6.54 Å². The monoisotopic (exact) mass is 291 g/mol. The molecule has 100 valence electrons. The van der Waals surface area contributed by atoms with Gasteiger partial charge in [0.2, 0.25) is 10.9 Å². The van der Waals surface area contributed by atoms with Gasteiger partial charge in [-0.15, -0.1) is 0 Å². The lowest BCUT2D eigenvalue weighted by atomic mass is 10.4. The molecule has 0 radical (unpaired) electrons. The number of rotatable bonds is 6. The average Bonchev–Trinajstić information content (AvgIpc) is 2.91. The van der Waals surface area contributed by atoms with E-state index in [1.165, 1.54) is 0 Å². The normalized spacial score (nSPS) is 17.6. The molecule has 0 unspecified atom stereocenters. The van der Waals surface area contributed by atoms with Gasteiger partial charge in [-0.25, -0.2) is 17.9 Å². The lowest BCUT2D eigenvalue weighted by Crippen LogP contribution is -2.31. The molecule has 0 aliphatic heterocycles. The fraction of sp³-hybridized carbons (Fsp3) is 0.500. The lowest BCUT2D eigenvalue weighted by molar-refractivity contribution is 0.0656. The molecule has 2 rings (SSSR count). The molecule has 0 bridgehead atoms. The van der Waals surface area contributed by atoms with Crippen molar-refractivity contribution in [2.24, 2.45) is 0 Å². The number of thioether (sulfide) groups is 1. The van der Waals surface area contributed by atoms with E-state index >= 15 is 0 Å². The summed E-state index contributed by atoms with van der Waals surface area (Å²) in [6.45, 7) is 0.333. The highest BCUT2D eigenvalue weighted by atomic mass is 32.2. The van der Waals surface area contributed by atoms with Crippen LogP contribution >= 0.6 is 11.8 Å². The van der Waals surface area contributed by atoms with Crippen molar-refractivity contribution in [1.82, 2.24) is 4.72 Å². The Morgan fingerprint density at radius 3 is 2.67 bits per heavy atom. The number of nitrogens with one attached hydrogen (secondary N) is 1. The second kappa shape index (κ2) is 4.60. The molecule has 0 amide bonds. The first-order valence-electron chi connectivity index (χ1n) is 5.26. The molecule has 1 aliphatic rings. The van der Waals surface area contributed by atoms with Gasteiger partial charge >= 0.3 is 5.97 Å². The maximum absolute atomic E-state index is 11.9. The fourth-order valence-corrected chi connectivity index (χ4v) is 3.34. The Bertz CT molecular complexity index is 559. The van der Waals surface area contributed by atoms with Gasteiger partial charge in [-0.2, -0.15) is 11.8 Å². The molecule has 0 atom stereocenters. The first-order valence-corrected chi connectivity index (χ1v) is 7.97. The van der Waals surface area contributed by atoms with E-state index in [-0.39, 0.29) is 15.6 Å². The molecular formula is C10H13NO5S2. The third kappa shape index (κ3) is 2.70. The quantitative estimate of drug-likeness (QED) is 0.816. The van der Waals surface area contributed by atoms with Crippen molar-refractivity contribution >= 4 is 27.8 Å². The highest BCUT2D eigenvalue weighted by molar-refractivity contribution is 8.00. The van der Waals surface area contributed by atoms with E-state index in [9.17, 15) is 13.2 Å². The molecule has 1 aromatic rings. The number of carbonyl (C=O) groups is 1. The minimum absolute atomic E-state index is 0.00467. The molecule has 1 fully saturated rings. The number of carboxylic acids is 1. The molecule has 0 aromatic carbocycles. The first kappa shape index (κ1) is 13.4. The maximum atomic E-state index is 11.9. The summed E-state index contributed by atoms with van der Waals surface area (Å²) in [5, 5.41) is 8.29. The summed E-state index contributed by atoms with van der Waals surface area (Å²) in [5.74, 6) is -1.68. The predicted molar refractivity (Wildman–Crippen MR) is 66.3 cm³/mol. The topological polar surface area (TPSA) is 96.6 Å². The van der Waals surface area contributed by atoms with Gasteiger partial charge in [-0.05, 0) is 31.2 Å². The van der Waals surface area contributed by atoms with Gasteiger partial charge < -0.3 is 9.52 Å². The Hall–Kier alpha value is -0.990. The summed E-state index contributed by atoms with van der Waals surface area (Å²) in [5.41, 5.74) is 0. The van der Waals surface area contributed by atoms with Crippen LogP contribution in [-0.4, -0.2) is 37.0 Å². The molecule has 1 aliphatic carbocycles. The van der Waals surface area contributed by atoms with Gasteiger partial charge in [0.15, 0.2) is 0 Å². The summed E-state index contributed by atoms with van der Waals surface area (Å²) in [7, 11) is -3.77. The van der Waals surface area contributed by atoms with Crippen LogP contribution in [0.25, 0.3) is 0 Å². The number of carboxylic acid groups (broad SMARTS) is 1. The summed E-state index contributed by atoms with van der Waals surface area (Å²) in [4.78, 5) is 10.6. The Morgan fingerprint density at radius 1 is 1.56 bits per heavy atom. The molecule has 18 heavy (non-hydrogen) atoms. The summed E-state index contributed by atoms with van der Waals surface area (Å²) in [6, 6.07) is 2.27. The molecular weight excluding hydrogens is 278 g/mol. The van der Waals surface area contributed by atoms with Crippen LogP contribution in [0.4, 0.5) is 0 Å². The molecule has 2 N–H and O–H groups in total. The predicted octanol–water partition coefficient (Wildman–Crippen LogP) is 1.15. The molecule has 1 aromatic heterocycles. The molecule has 1 saturated carbocycles. The minimum atomic E-state index is -3.77. The number of sulfonamides is 1. The number of aromatic carboxylic acids is 1. The molecule has 0 spiro atoms. The minimum Gasteiger partial charge on any atom is -0.475 e. The van der Waals surface area contributed by atoms with Crippen molar-refractivity contribution in [2.75, 3.05) is 12.8 Å². The van der Waals surface area contributed by atoms with Crippen molar-refractivity contribution in [2.45, 2.75) is 22.7 Å². The molecule has 1 heterocycles. The Morgan fingerprint density at radius 2 is 2.22 bits per heavy atom. The molecule has 8 heteroatoms. The zero-order chi connectivity index (χ0) is 13.4. The second-order valence-electron chi connectivity index (χ2n) is 4.14. The SMILES string of the molecule is CSC1(CNS(=O)(=O)c2ccc(C(=O)O)o2)CC1. The second-order valence-corrected chi connectivity index (χ2v) is 7.11. The van der Waals surface area contributed by atoms with E-state index in [4.69, 9.17) is 9.52 Å². The Balaban J connectivity index is 2.08. The van der Waals surface area contributed by atoms with E-state index in [1.54, 1.807) is 11.8 Å². The van der Waals surface area contributed by atoms with Gasteiger partial charge in [-0.3, -0.25) is 0 Å². The largest absolute Gasteiger partial charge is 0.475 e. The van der Waals surface area contributed by atoms with Crippen LogP contribution in [-0.2, 0) is 10.0 Å². The van der Waals surface area contributed by atoms with Crippen LogP contribution in [0.2, 0.25) is 0 Å². The van der Waals surface area contributed by atoms with Gasteiger partial charge in [0, 0.05) is 11.3 Å². The van der Waals surface area contributed by atoms with Crippen molar-refractivity contribution in [3.8, 4) is 0 Å². The first-order chi connectivity index (χ1) is 8.38. The van der Waals surface area contributed by atoms with Crippen molar-refractivity contribution < 1.29 is 22.7 Å². The fourth-order valence-electron chi connectivity index (χ4n) is 1.47. The van der Waals surface area contributed by atoms with Gasteiger partial charge in [0.25, 0.3) is 10.0 Å². The van der Waals surface area contributed by atoms with Crippen molar-refractivity contribution in [1.29, 1.82) is 0 Å². The summed E-state index contributed by atoms with van der Waals surface area (Å²) in [6.07, 6.45) is 3.90. The maximum Gasteiger partial charge on any atom is 0.371 e. The zero-order valence-corrected chi connectivity index (χ0v) is 11.3. The van der Waals surface area contributed by atoms with E-state index < -0.39 is 16.0 Å². The number of furan rings is 1. The third-order valence-electron chi connectivity index (χ3n) is 2.88. The van der Waals surface area contributed by atoms with Crippen molar-refractivity contribution in [3.05, 3.63) is 17.9 Å². The van der Waals surface area contributed by atoms with Crippen LogP contribution in [0.15, 0.2) is 21.6 Å². The van der Waals surface area contributed by atoms with Crippen molar-refractivity contribution in [3.63, 3.8) is 0 Å². The van der Waals surface area contributed by atoms with Crippen LogP contribution < -0.4 is 4.72 Å². The zero-order valence-electron chi connectivity index (χ0n) is 9.67. The summed E-state index contributed by atoms with van der Waals surface area (Å²) < 4.78 is 30.9. The Kier molecular flexibility index (Phi) is 3.43. The van der Waals surface area contributed by atoms with Crippen LogP contribution in [0.5, 0.6) is 0 Å². The van der Waals surface area contributed by atoms with E-state index in [2.05, 4.69) is 4.72 Å². The standard InChI is InChI=1S/C10H13NO5S2/c1-17-10(4-5-10)6-11-18(14,15)8-3-2-7(16-8)9(12)13/h2-3,11H,4-6H2,1H3,(H,12,13). The Labute approximate surface area is 109 Å². The molecule has 0 saturated heterocycles. The summed E-state index contributed by atoms with van der Waals surface area (Å²) >= 11 is 1.63. The van der Waals surface area contributed by atoms with Gasteiger partial charge in [-0.1, -0.05) is 0 Å². The average molecular weight is 291 g/mol.